The molecule has 1 aliphatic rings. The average Bonchev–Trinajstić information content (AvgIpc) is 2.79. The van der Waals surface area contributed by atoms with Gasteiger partial charge < -0.3 is 15.5 Å². The number of guanidine groups is 1. The Morgan fingerprint density at radius 1 is 1.19 bits per heavy atom. The summed E-state index contributed by atoms with van der Waals surface area (Å²) >= 11 is 0. The van der Waals surface area contributed by atoms with Gasteiger partial charge in [-0.2, -0.15) is 0 Å². The van der Waals surface area contributed by atoms with Gasteiger partial charge >= 0.3 is 0 Å². The van der Waals surface area contributed by atoms with Gasteiger partial charge in [0.2, 0.25) is 5.91 Å². The minimum atomic E-state index is 0.130. The van der Waals surface area contributed by atoms with Gasteiger partial charge in [0.05, 0.1) is 0 Å². The lowest BCUT2D eigenvalue weighted by molar-refractivity contribution is -0.128. The van der Waals surface area contributed by atoms with E-state index in [0.29, 0.717) is 0 Å². The van der Waals surface area contributed by atoms with Crippen molar-refractivity contribution in [3.8, 4) is 0 Å². The predicted octanol–water partition coefficient (Wildman–Crippen LogP) is 0.184. The van der Waals surface area contributed by atoms with E-state index in [-0.39, 0.29) is 12.5 Å². The SMILES string of the molecule is CCNC(=NCC(=O)N1CCCC1)NCC. The number of likely N-dealkylation sites (tertiary alicyclic amines) is 1. The minimum absolute atomic E-state index is 0.130. The topological polar surface area (TPSA) is 56.7 Å². The summed E-state index contributed by atoms with van der Waals surface area (Å²) in [5.41, 5.74) is 0. The zero-order valence-electron chi connectivity index (χ0n) is 10.3. The number of nitrogens with zero attached hydrogens (tertiary/aromatic N) is 2. The number of carbonyl (C=O) groups is 1. The van der Waals surface area contributed by atoms with E-state index in [2.05, 4.69) is 15.6 Å². The second kappa shape index (κ2) is 7.09. The van der Waals surface area contributed by atoms with Crippen LogP contribution in [-0.4, -0.2) is 49.5 Å². The molecule has 92 valence electrons. The van der Waals surface area contributed by atoms with Crippen molar-refractivity contribution in [2.75, 3.05) is 32.7 Å². The van der Waals surface area contributed by atoms with E-state index in [9.17, 15) is 4.79 Å². The summed E-state index contributed by atoms with van der Waals surface area (Å²) in [4.78, 5) is 17.9. The van der Waals surface area contributed by atoms with Gasteiger partial charge in [0.25, 0.3) is 0 Å². The summed E-state index contributed by atoms with van der Waals surface area (Å²) in [6.45, 7) is 7.67. The summed E-state index contributed by atoms with van der Waals surface area (Å²) in [6, 6.07) is 0. The van der Waals surface area contributed by atoms with Gasteiger partial charge in [0.15, 0.2) is 5.96 Å². The molecular formula is C11H22N4O. The number of rotatable bonds is 4. The Hall–Kier alpha value is -1.26. The van der Waals surface area contributed by atoms with Gasteiger partial charge in [0, 0.05) is 26.2 Å². The van der Waals surface area contributed by atoms with Crippen molar-refractivity contribution in [2.45, 2.75) is 26.7 Å². The molecule has 0 aromatic carbocycles. The fourth-order valence-corrected chi connectivity index (χ4v) is 1.72. The van der Waals surface area contributed by atoms with Crippen LogP contribution < -0.4 is 10.6 Å². The van der Waals surface area contributed by atoms with Gasteiger partial charge in [-0.05, 0) is 26.7 Å². The first-order valence-corrected chi connectivity index (χ1v) is 6.07. The maximum absolute atomic E-state index is 11.7. The Morgan fingerprint density at radius 2 is 1.75 bits per heavy atom. The van der Waals surface area contributed by atoms with E-state index in [1.54, 1.807) is 0 Å². The molecule has 1 amide bonds. The van der Waals surface area contributed by atoms with Crippen LogP contribution in [0.5, 0.6) is 0 Å². The monoisotopic (exact) mass is 226 g/mol. The summed E-state index contributed by atoms with van der Waals surface area (Å²) in [6.07, 6.45) is 2.26. The molecule has 5 heteroatoms. The Bertz CT molecular complexity index is 238. The van der Waals surface area contributed by atoms with Crippen molar-refractivity contribution >= 4 is 11.9 Å². The fourth-order valence-electron chi connectivity index (χ4n) is 1.72. The lowest BCUT2D eigenvalue weighted by Gasteiger charge is -2.14. The van der Waals surface area contributed by atoms with Crippen molar-refractivity contribution in [3.05, 3.63) is 0 Å². The van der Waals surface area contributed by atoms with Gasteiger partial charge in [-0.25, -0.2) is 4.99 Å². The van der Waals surface area contributed by atoms with Crippen LogP contribution >= 0.6 is 0 Å². The van der Waals surface area contributed by atoms with Gasteiger partial charge in [-0.3, -0.25) is 4.79 Å². The lowest BCUT2D eigenvalue weighted by atomic mass is 10.4. The number of aliphatic imine (C=N–C) groups is 1. The molecule has 0 aromatic heterocycles. The molecule has 1 fully saturated rings. The number of nitrogens with one attached hydrogen (secondary N) is 2. The van der Waals surface area contributed by atoms with Crippen molar-refractivity contribution in [2.24, 2.45) is 4.99 Å². The molecule has 5 nitrogen and oxygen atoms in total. The Labute approximate surface area is 97.3 Å². The van der Waals surface area contributed by atoms with E-state index in [0.717, 1.165) is 45.0 Å². The van der Waals surface area contributed by atoms with Crippen LogP contribution in [0.1, 0.15) is 26.7 Å². The second-order valence-corrected chi connectivity index (χ2v) is 3.81. The lowest BCUT2D eigenvalue weighted by Crippen LogP contribution is -2.38. The highest BCUT2D eigenvalue weighted by molar-refractivity contribution is 5.85. The minimum Gasteiger partial charge on any atom is -0.357 e. The molecule has 16 heavy (non-hydrogen) atoms. The van der Waals surface area contributed by atoms with Crippen molar-refractivity contribution < 1.29 is 4.79 Å². The quantitative estimate of drug-likeness (QED) is 0.531. The molecule has 0 atom stereocenters. The van der Waals surface area contributed by atoms with Crippen molar-refractivity contribution in [1.29, 1.82) is 0 Å². The highest BCUT2D eigenvalue weighted by atomic mass is 16.2. The molecule has 1 rings (SSSR count). The Kier molecular flexibility index (Phi) is 5.67. The first kappa shape index (κ1) is 12.8. The molecule has 1 aliphatic heterocycles. The smallest absolute Gasteiger partial charge is 0.244 e. The van der Waals surface area contributed by atoms with Crippen molar-refractivity contribution in [1.82, 2.24) is 15.5 Å². The number of carbonyl (C=O) groups excluding carboxylic acids is 1. The highest BCUT2D eigenvalue weighted by Gasteiger charge is 2.17. The van der Waals surface area contributed by atoms with Gasteiger partial charge in [-0.15, -0.1) is 0 Å². The Balaban J connectivity index is 2.38. The maximum Gasteiger partial charge on any atom is 0.244 e. The molecule has 1 saturated heterocycles. The first-order valence-electron chi connectivity index (χ1n) is 6.07. The molecule has 0 spiro atoms. The fraction of sp³-hybridized carbons (Fsp3) is 0.818. The van der Waals surface area contributed by atoms with Crippen LogP contribution in [0.3, 0.4) is 0 Å². The van der Waals surface area contributed by atoms with Crippen LogP contribution in [0.2, 0.25) is 0 Å². The molecule has 1 heterocycles. The number of amides is 1. The maximum atomic E-state index is 11.7. The molecule has 0 aromatic rings. The number of hydrogen-bond acceptors (Lipinski definition) is 2. The van der Waals surface area contributed by atoms with E-state index in [4.69, 9.17) is 0 Å². The second-order valence-electron chi connectivity index (χ2n) is 3.81. The van der Waals surface area contributed by atoms with Gasteiger partial charge in [0.1, 0.15) is 6.54 Å². The van der Waals surface area contributed by atoms with Crippen LogP contribution in [0.4, 0.5) is 0 Å². The third kappa shape index (κ3) is 4.08. The van der Waals surface area contributed by atoms with Crippen LogP contribution in [0.15, 0.2) is 4.99 Å². The van der Waals surface area contributed by atoms with Crippen molar-refractivity contribution in [3.63, 3.8) is 0 Å². The predicted molar refractivity (Wildman–Crippen MR) is 65.5 cm³/mol. The molecule has 0 unspecified atom stereocenters. The van der Waals surface area contributed by atoms with Crippen LogP contribution in [0.25, 0.3) is 0 Å². The molecule has 0 aliphatic carbocycles. The third-order valence-electron chi connectivity index (χ3n) is 2.52. The van der Waals surface area contributed by atoms with E-state index < -0.39 is 0 Å². The Morgan fingerprint density at radius 3 is 2.25 bits per heavy atom. The molecule has 0 saturated carbocycles. The summed E-state index contributed by atoms with van der Waals surface area (Å²) in [5.74, 6) is 0.850. The van der Waals surface area contributed by atoms with E-state index >= 15 is 0 Å². The first-order chi connectivity index (χ1) is 7.77. The normalized spacial score (nSPS) is 14.8. The summed E-state index contributed by atoms with van der Waals surface area (Å²) in [5, 5.41) is 6.20. The van der Waals surface area contributed by atoms with E-state index in [1.165, 1.54) is 0 Å². The zero-order valence-corrected chi connectivity index (χ0v) is 10.3. The highest BCUT2D eigenvalue weighted by Crippen LogP contribution is 2.07. The zero-order chi connectivity index (χ0) is 11.8. The largest absolute Gasteiger partial charge is 0.357 e. The molecule has 0 radical (unpaired) electrons. The summed E-state index contributed by atoms with van der Waals surface area (Å²) < 4.78 is 0. The van der Waals surface area contributed by atoms with Crippen LogP contribution in [0, 0.1) is 0 Å². The van der Waals surface area contributed by atoms with Gasteiger partial charge in [-0.1, -0.05) is 0 Å². The molecule has 2 N–H and O–H groups in total. The van der Waals surface area contributed by atoms with Crippen LogP contribution in [-0.2, 0) is 4.79 Å². The molecule has 0 bridgehead atoms. The average molecular weight is 226 g/mol. The molecular weight excluding hydrogens is 204 g/mol. The standard InChI is InChI=1S/C11H22N4O/c1-3-12-11(13-4-2)14-9-10(16)15-7-5-6-8-15/h3-9H2,1-2H3,(H2,12,13,14). The third-order valence-corrected chi connectivity index (χ3v) is 2.52. The van der Waals surface area contributed by atoms with E-state index in [1.807, 2.05) is 18.7 Å². The summed E-state index contributed by atoms with van der Waals surface area (Å²) in [7, 11) is 0. The number of hydrogen-bond donors (Lipinski definition) is 2.